The first kappa shape index (κ1) is 23.7. The summed E-state index contributed by atoms with van der Waals surface area (Å²) in [7, 11) is 3.18. The van der Waals surface area contributed by atoms with E-state index in [-0.39, 0.29) is 25.2 Å². The van der Waals surface area contributed by atoms with Crippen molar-refractivity contribution in [3.8, 4) is 0 Å². The molecule has 1 saturated heterocycles. The quantitative estimate of drug-likeness (QED) is 0.639. The Labute approximate surface area is 188 Å². The molecular weight excluding hydrogens is 412 g/mol. The molecule has 1 fully saturated rings. The highest BCUT2D eigenvalue weighted by Gasteiger charge is 2.37. The van der Waals surface area contributed by atoms with E-state index in [1.165, 1.54) is 12.0 Å². The highest BCUT2D eigenvalue weighted by atomic mass is 16.5. The van der Waals surface area contributed by atoms with E-state index in [4.69, 9.17) is 9.47 Å². The van der Waals surface area contributed by atoms with Gasteiger partial charge in [0.25, 0.3) is 0 Å². The highest BCUT2D eigenvalue weighted by Crippen LogP contribution is 2.31. The number of ether oxygens (including phenoxy) is 2. The van der Waals surface area contributed by atoms with E-state index in [9.17, 15) is 14.4 Å². The molecule has 3 rings (SSSR count). The minimum Gasteiger partial charge on any atom is -0.463 e. The molecule has 32 heavy (non-hydrogen) atoms. The predicted molar refractivity (Wildman–Crippen MR) is 119 cm³/mol. The molecule has 9 heteroatoms. The van der Waals surface area contributed by atoms with Gasteiger partial charge in [-0.25, -0.2) is 9.59 Å². The maximum Gasteiger partial charge on any atom is 0.338 e. The summed E-state index contributed by atoms with van der Waals surface area (Å²) in [5, 5.41) is 2.93. The van der Waals surface area contributed by atoms with Gasteiger partial charge in [0.1, 0.15) is 6.61 Å². The van der Waals surface area contributed by atoms with Gasteiger partial charge in [0, 0.05) is 52.6 Å². The molecule has 0 bridgehead atoms. The van der Waals surface area contributed by atoms with E-state index in [2.05, 4.69) is 10.2 Å². The van der Waals surface area contributed by atoms with Crippen LogP contribution in [0, 0.1) is 0 Å². The minimum atomic E-state index is -0.583. The van der Waals surface area contributed by atoms with Crippen molar-refractivity contribution < 1.29 is 23.9 Å². The number of carbonyl (C=O) groups excluding carboxylic acids is 3. The first-order valence-corrected chi connectivity index (χ1v) is 10.9. The molecule has 2 aliphatic heterocycles. The van der Waals surface area contributed by atoms with E-state index >= 15 is 0 Å². The molecule has 1 unspecified atom stereocenters. The second kappa shape index (κ2) is 11.1. The lowest BCUT2D eigenvalue weighted by molar-refractivity contribution is -0.139. The number of carbonyl (C=O) groups is 3. The zero-order valence-electron chi connectivity index (χ0n) is 19.0. The first-order valence-electron chi connectivity index (χ1n) is 10.9. The maximum atomic E-state index is 13.0. The van der Waals surface area contributed by atoms with Gasteiger partial charge < -0.3 is 19.7 Å². The topological polar surface area (TPSA) is 91.4 Å². The molecule has 1 N–H and O–H groups in total. The second-order valence-electron chi connectivity index (χ2n) is 7.88. The smallest absolute Gasteiger partial charge is 0.338 e. The number of hydrogen-bond acceptors (Lipinski definition) is 6. The summed E-state index contributed by atoms with van der Waals surface area (Å²) >= 11 is 0. The van der Waals surface area contributed by atoms with Crippen molar-refractivity contribution in [1.29, 1.82) is 0 Å². The van der Waals surface area contributed by atoms with E-state index in [1.807, 2.05) is 30.3 Å². The summed E-state index contributed by atoms with van der Waals surface area (Å²) in [5.41, 5.74) is 1.89. The molecular formula is C23H32N4O5. The number of methoxy groups -OCH3 is 1. The Balaban J connectivity index is 1.89. The normalized spacial score (nSPS) is 20.1. The SMILES string of the molecule is CCOC(=O)C1=C(CN2CCCN(C(=O)COC)CC2)N(C)C(=O)NC1c1ccccc1. The summed E-state index contributed by atoms with van der Waals surface area (Å²) in [6.45, 7) is 5.11. The molecule has 0 spiro atoms. The number of hydrogen-bond donors (Lipinski definition) is 1. The van der Waals surface area contributed by atoms with Gasteiger partial charge in [-0.05, 0) is 18.9 Å². The van der Waals surface area contributed by atoms with Crippen molar-refractivity contribution in [2.45, 2.75) is 19.4 Å². The lowest BCUT2D eigenvalue weighted by Crippen LogP contribution is -2.49. The Kier molecular flexibility index (Phi) is 8.24. The van der Waals surface area contributed by atoms with Gasteiger partial charge in [-0.3, -0.25) is 14.6 Å². The van der Waals surface area contributed by atoms with Crippen molar-refractivity contribution in [2.24, 2.45) is 0 Å². The Morgan fingerprint density at radius 2 is 1.88 bits per heavy atom. The van der Waals surface area contributed by atoms with Crippen LogP contribution in [0.15, 0.2) is 41.6 Å². The third-order valence-electron chi connectivity index (χ3n) is 5.79. The standard InChI is InChI=1S/C23H32N4O5/c1-4-32-22(29)20-18(15-26-11-8-12-27(14-13-26)19(28)16-31-3)25(2)23(30)24-21(20)17-9-6-5-7-10-17/h5-7,9-10,21H,4,8,11-16H2,1-3H3,(H,24,30). The van der Waals surface area contributed by atoms with Crippen LogP contribution in [0.2, 0.25) is 0 Å². The molecule has 174 valence electrons. The van der Waals surface area contributed by atoms with Crippen LogP contribution in [0.25, 0.3) is 0 Å². The van der Waals surface area contributed by atoms with Gasteiger partial charge in [-0.2, -0.15) is 0 Å². The summed E-state index contributed by atoms with van der Waals surface area (Å²) in [5.74, 6) is -0.464. The molecule has 1 atom stereocenters. The Morgan fingerprint density at radius 1 is 1.12 bits per heavy atom. The number of nitrogens with one attached hydrogen (secondary N) is 1. The summed E-state index contributed by atoms with van der Waals surface area (Å²) in [6.07, 6.45) is 0.801. The van der Waals surface area contributed by atoms with E-state index in [1.54, 1.807) is 18.9 Å². The zero-order valence-corrected chi connectivity index (χ0v) is 19.0. The number of amides is 3. The van der Waals surface area contributed by atoms with Crippen LogP contribution in [0.5, 0.6) is 0 Å². The van der Waals surface area contributed by atoms with Crippen LogP contribution in [0.4, 0.5) is 4.79 Å². The van der Waals surface area contributed by atoms with Crippen molar-refractivity contribution >= 4 is 17.9 Å². The van der Waals surface area contributed by atoms with E-state index < -0.39 is 12.0 Å². The van der Waals surface area contributed by atoms with Crippen molar-refractivity contribution in [3.63, 3.8) is 0 Å². The number of urea groups is 1. The fourth-order valence-corrected chi connectivity index (χ4v) is 4.10. The lowest BCUT2D eigenvalue weighted by Gasteiger charge is -2.36. The maximum absolute atomic E-state index is 13.0. The Bertz CT molecular complexity index is 857. The van der Waals surface area contributed by atoms with Gasteiger partial charge in [0.15, 0.2) is 0 Å². The third kappa shape index (κ3) is 5.46. The van der Waals surface area contributed by atoms with Gasteiger partial charge in [-0.1, -0.05) is 30.3 Å². The van der Waals surface area contributed by atoms with E-state index in [0.29, 0.717) is 37.4 Å². The second-order valence-corrected chi connectivity index (χ2v) is 7.88. The van der Waals surface area contributed by atoms with Gasteiger partial charge in [0.2, 0.25) is 5.91 Å². The van der Waals surface area contributed by atoms with Gasteiger partial charge >= 0.3 is 12.0 Å². The Hall–Kier alpha value is -2.91. The summed E-state index contributed by atoms with van der Waals surface area (Å²) in [4.78, 5) is 43.5. The highest BCUT2D eigenvalue weighted by molar-refractivity contribution is 5.95. The van der Waals surface area contributed by atoms with Gasteiger partial charge in [0.05, 0.1) is 18.2 Å². The first-order chi connectivity index (χ1) is 15.5. The average Bonchev–Trinajstić information content (AvgIpc) is 3.03. The van der Waals surface area contributed by atoms with Crippen molar-refractivity contribution in [3.05, 3.63) is 47.2 Å². The fraction of sp³-hybridized carbons (Fsp3) is 0.522. The number of nitrogens with zero attached hydrogens (tertiary/aromatic N) is 3. The predicted octanol–water partition coefficient (Wildman–Crippen LogP) is 1.38. The van der Waals surface area contributed by atoms with E-state index in [0.717, 1.165) is 18.5 Å². The molecule has 0 aromatic heterocycles. The average molecular weight is 445 g/mol. The van der Waals surface area contributed by atoms with Gasteiger partial charge in [-0.15, -0.1) is 0 Å². The fourth-order valence-electron chi connectivity index (χ4n) is 4.10. The molecule has 0 radical (unpaired) electrons. The van der Waals surface area contributed by atoms with Crippen LogP contribution in [-0.4, -0.2) is 92.7 Å². The van der Waals surface area contributed by atoms with Crippen LogP contribution in [0.3, 0.4) is 0 Å². The monoisotopic (exact) mass is 444 g/mol. The largest absolute Gasteiger partial charge is 0.463 e. The number of likely N-dealkylation sites (N-methyl/N-ethyl adjacent to an activating group) is 1. The third-order valence-corrected chi connectivity index (χ3v) is 5.79. The van der Waals surface area contributed by atoms with Crippen LogP contribution in [0.1, 0.15) is 24.9 Å². The summed E-state index contributed by atoms with van der Waals surface area (Å²) in [6, 6.07) is 8.57. The minimum absolute atomic E-state index is 0.0286. The molecule has 0 aliphatic carbocycles. The molecule has 0 saturated carbocycles. The summed E-state index contributed by atoms with van der Waals surface area (Å²) < 4.78 is 10.4. The lowest BCUT2D eigenvalue weighted by atomic mass is 9.94. The van der Waals surface area contributed by atoms with Crippen molar-refractivity contribution in [1.82, 2.24) is 20.0 Å². The number of rotatable bonds is 7. The van der Waals surface area contributed by atoms with Crippen LogP contribution in [-0.2, 0) is 19.1 Å². The molecule has 1 aromatic carbocycles. The molecule has 1 aromatic rings. The molecule has 2 aliphatic rings. The van der Waals surface area contributed by atoms with Crippen LogP contribution >= 0.6 is 0 Å². The Morgan fingerprint density at radius 3 is 2.56 bits per heavy atom. The number of benzene rings is 1. The molecule has 3 amide bonds. The zero-order chi connectivity index (χ0) is 23.1. The van der Waals surface area contributed by atoms with Crippen molar-refractivity contribution in [2.75, 3.05) is 60.1 Å². The number of esters is 1. The molecule has 9 nitrogen and oxygen atoms in total. The molecule has 2 heterocycles. The van der Waals surface area contributed by atoms with Crippen LogP contribution < -0.4 is 5.32 Å².